The first-order valence-corrected chi connectivity index (χ1v) is 9.49. The van der Waals surface area contributed by atoms with Crippen LogP contribution in [0.3, 0.4) is 0 Å². The lowest BCUT2D eigenvalue weighted by molar-refractivity contribution is -0.118. The predicted octanol–water partition coefficient (Wildman–Crippen LogP) is 3.32. The van der Waals surface area contributed by atoms with Crippen molar-refractivity contribution in [1.29, 1.82) is 0 Å². The summed E-state index contributed by atoms with van der Waals surface area (Å²) in [5.41, 5.74) is 2.33. The van der Waals surface area contributed by atoms with E-state index in [-0.39, 0.29) is 30.2 Å². The van der Waals surface area contributed by atoms with E-state index in [2.05, 4.69) is 10.5 Å². The third-order valence-corrected chi connectivity index (χ3v) is 5.49. The molecule has 0 radical (unpaired) electrons. The number of amides is 2. The van der Waals surface area contributed by atoms with Crippen molar-refractivity contribution < 1.29 is 23.2 Å². The first-order chi connectivity index (χ1) is 14.1. The molecule has 0 spiro atoms. The molecule has 5 rings (SSSR count). The van der Waals surface area contributed by atoms with E-state index in [1.54, 1.807) is 29.2 Å². The molecule has 1 saturated heterocycles. The minimum absolute atomic E-state index is 0.0194. The van der Waals surface area contributed by atoms with Crippen LogP contribution in [-0.2, 0) is 4.79 Å². The van der Waals surface area contributed by atoms with Gasteiger partial charge in [-0.1, -0.05) is 5.16 Å². The van der Waals surface area contributed by atoms with Gasteiger partial charge in [0.1, 0.15) is 11.6 Å². The van der Waals surface area contributed by atoms with Crippen LogP contribution in [0.1, 0.15) is 34.8 Å². The molecule has 1 N–H and O–H groups in total. The molecule has 0 saturated carbocycles. The topological polar surface area (TPSA) is 84.7 Å². The SMILES string of the molecule is O=C1COc2ccc(C(=O)N3CCC(c4noc5ccc(F)cc45)CC3)cc2N1. The molecule has 148 valence electrons. The Hall–Kier alpha value is -3.42. The van der Waals surface area contributed by atoms with Crippen LogP contribution in [0.5, 0.6) is 5.75 Å². The summed E-state index contributed by atoms with van der Waals surface area (Å²) < 4.78 is 24.3. The first kappa shape index (κ1) is 17.7. The average Bonchev–Trinajstić information content (AvgIpc) is 3.16. The Morgan fingerprint density at radius 2 is 2.00 bits per heavy atom. The number of carbonyl (C=O) groups excluding carboxylic acids is 2. The summed E-state index contributed by atoms with van der Waals surface area (Å²) in [4.78, 5) is 26.2. The second-order valence-electron chi connectivity index (χ2n) is 7.32. The smallest absolute Gasteiger partial charge is 0.262 e. The van der Waals surface area contributed by atoms with E-state index in [9.17, 15) is 14.0 Å². The van der Waals surface area contributed by atoms with Crippen molar-refractivity contribution in [2.24, 2.45) is 0 Å². The fourth-order valence-corrected chi connectivity index (χ4v) is 3.98. The summed E-state index contributed by atoms with van der Waals surface area (Å²) in [6, 6.07) is 9.43. The van der Waals surface area contributed by atoms with Crippen molar-refractivity contribution in [2.45, 2.75) is 18.8 Å². The lowest BCUT2D eigenvalue weighted by atomic mass is 9.91. The molecule has 7 nitrogen and oxygen atoms in total. The van der Waals surface area contributed by atoms with E-state index >= 15 is 0 Å². The van der Waals surface area contributed by atoms with Gasteiger partial charge >= 0.3 is 0 Å². The van der Waals surface area contributed by atoms with Gasteiger partial charge in [-0.3, -0.25) is 9.59 Å². The summed E-state index contributed by atoms with van der Waals surface area (Å²) in [6.45, 7) is 1.11. The number of nitrogens with one attached hydrogen (secondary N) is 1. The summed E-state index contributed by atoms with van der Waals surface area (Å²) >= 11 is 0. The molecule has 0 aliphatic carbocycles. The molecule has 2 aromatic carbocycles. The first-order valence-electron chi connectivity index (χ1n) is 9.49. The summed E-state index contributed by atoms with van der Waals surface area (Å²) in [5, 5.41) is 7.56. The number of likely N-dealkylation sites (tertiary alicyclic amines) is 1. The van der Waals surface area contributed by atoms with Gasteiger partial charge in [0.25, 0.3) is 11.8 Å². The van der Waals surface area contributed by atoms with Crippen molar-refractivity contribution in [3.63, 3.8) is 0 Å². The molecule has 0 unspecified atom stereocenters. The van der Waals surface area contributed by atoms with Gasteiger partial charge in [-0.05, 0) is 49.2 Å². The molecular weight excluding hydrogens is 377 g/mol. The summed E-state index contributed by atoms with van der Waals surface area (Å²) in [7, 11) is 0. The number of carbonyl (C=O) groups is 2. The number of halogens is 1. The quantitative estimate of drug-likeness (QED) is 0.720. The fraction of sp³-hybridized carbons (Fsp3) is 0.286. The molecule has 29 heavy (non-hydrogen) atoms. The van der Waals surface area contributed by atoms with Gasteiger partial charge in [-0.2, -0.15) is 0 Å². The number of piperidine rings is 1. The Morgan fingerprint density at radius 1 is 1.17 bits per heavy atom. The van der Waals surface area contributed by atoms with Crippen LogP contribution in [-0.4, -0.2) is 41.6 Å². The Balaban J connectivity index is 1.30. The highest BCUT2D eigenvalue weighted by Gasteiger charge is 2.28. The van der Waals surface area contributed by atoms with E-state index in [0.717, 1.165) is 5.69 Å². The van der Waals surface area contributed by atoms with Gasteiger partial charge in [0.05, 0.1) is 11.4 Å². The molecule has 1 aromatic heterocycles. The van der Waals surface area contributed by atoms with E-state index in [1.165, 1.54) is 12.1 Å². The van der Waals surface area contributed by atoms with Crippen LogP contribution in [0.2, 0.25) is 0 Å². The Bertz CT molecular complexity index is 1120. The van der Waals surface area contributed by atoms with E-state index in [0.29, 0.717) is 53.9 Å². The maximum absolute atomic E-state index is 13.6. The lowest BCUT2D eigenvalue weighted by Crippen LogP contribution is -2.38. The third kappa shape index (κ3) is 3.20. The Morgan fingerprint density at radius 3 is 2.83 bits per heavy atom. The fourth-order valence-electron chi connectivity index (χ4n) is 3.98. The van der Waals surface area contributed by atoms with Crippen molar-refractivity contribution >= 4 is 28.5 Å². The van der Waals surface area contributed by atoms with Crippen LogP contribution in [0.25, 0.3) is 11.0 Å². The number of hydrogen-bond acceptors (Lipinski definition) is 5. The summed E-state index contributed by atoms with van der Waals surface area (Å²) in [5.74, 6) is 0.0164. The van der Waals surface area contributed by atoms with Crippen LogP contribution < -0.4 is 10.1 Å². The lowest BCUT2D eigenvalue weighted by Gasteiger charge is -2.31. The standard InChI is InChI=1S/C21H18FN3O4/c22-14-2-4-17-15(10-14)20(24-29-17)12-5-7-25(8-6-12)21(27)13-1-3-18-16(9-13)23-19(26)11-28-18/h1-4,9-10,12H,5-8,11H2,(H,23,26). The highest BCUT2D eigenvalue weighted by atomic mass is 19.1. The molecule has 0 bridgehead atoms. The van der Waals surface area contributed by atoms with Gasteiger partial charge in [0, 0.05) is 30.0 Å². The van der Waals surface area contributed by atoms with Crippen LogP contribution in [0.4, 0.5) is 10.1 Å². The van der Waals surface area contributed by atoms with Crippen molar-refractivity contribution in [3.8, 4) is 5.75 Å². The second kappa shape index (κ2) is 6.88. The number of aromatic nitrogens is 1. The minimum Gasteiger partial charge on any atom is -0.482 e. The van der Waals surface area contributed by atoms with E-state index in [4.69, 9.17) is 9.26 Å². The van der Waals surface area contributed by atoms with Gasteiger partial charge in [-0.15, -0.1) is 0 Å². The van der Waals surface area contributed by atoms with Gasteiger partial charge < -0.3 is 19.5 Å². The van der Waals surface area contributed by atoms with E-state index < -0.39 is 0 Å². The predicted molar refractivity (Wildman–Crippen MR) is 102 cm³/mol. The number of nitrogens with zero attached hydrogens (tertiary/aromatic N) is 2. The Labute approximate surface area is 165 Å². The zero-order valence-corrected chi connectivity index (χ0v) is 15.5. The van der Waals surface area contributed by atoms with Crippen LogP contribution in [0, 0.1) is 5.82 Å². The van der Waals surface area contributed by atoms with Crippen molar-refractivity contribution in [1.82, 2.24) is 10.1 Å². The normalized spacial score (nSPS) is 17.0. The second-order valence-corrected chi connectivity index (χ2v) is 7.32. The van der Waals surface area contributed by atoms with Gasteiger partial charge in [0.15, 0.2) is 12.2 Å². The molecular formula is C21H18FN3O4. The number of ether oxygens (including phenoxy) is 1. The Kier molecular flexibility index (Phi) is 4.19. The molecule has 1 fully saturated rings. The maximum atomic E-state index is 13.6. The molecule has 2 aliphatic heterocycles. The molecule has 2 amide bonds. The summed E-state index contributed by atoms with van der Waals surface area (Å²) in [6.07, 6.45) is 1.43. The average molecular weight is 395 g/mol. The minimum atomic E-state index is -0.321. The highest BCUT2D eigenvalue weighted by Crippen LogP contribution is 2.34. The molecule has 0 atom stereocenters. The number of hydrogen-bond donors (Lipinski definition) is 1. The van der Waals surface area contributed by atoms with E-state index in [1.807, 2.05) is 0 Å². The maximum Gasteiger partial charge on any atom is 0.262 e. The monoisotopic (exact) mass is 395 g/mol. The molecule has 3 heterocycles. The van der Waals surface area contributed by atoms with Crippen LogP contribution >= 0.6 is 0 Å². The number of fused-ring (bicyclic) bond motifs is 2. The number of anilines is 1. The number of rotatable bonds is 2. The molecule has 8 heteroatoms. The zero-order chi connectivity index (χ0) is 20.0. The van der Waals surface area contributed by atoms with Crippen molar-refractivity contribution in [2.75, 3.05) is 25.0 Å². The molecule has 2 aliphatic rings. The zero-order valence-electron chi connectivity index (χ0n) is 15.5. The molecule has 3 aromatic rings. The van der Waals surface area contributed by atoms with Crippen LogP contribution in [0.15, 0.2) is 40.9 Å². The van der Waals surface area contributed by atoms with Crippen molar-refractivity contribution in [3.05, 3.63) is 53.5 Å². The van der Waals surface area contributed by atoms with Gasteiger partial charge in [0.2, 0.25) is 0 Å². The van der Waals surface area contributed by atoms with Gasteiger partial charge in [-0.25, -0.2) is 4.39 Å². The third-order valence-electron chi connectivity index (χ3n) is 5.49. The largest absolute Gasteiger partial charge is 0.482 e. The highest BCUT2D eigenvalue weighted by molar-refractivity contribution is 6.00. The number of benzene rings is 2.